The van der Waals surface area contributed by atoms with Crippen LogP contribution in [0.5, 0.6) is 0 Å². The lowest BCUT2D eigenvalue weighted by molar-refractivity contribution is 0.0990. The van der Waals surface area contributed by atoms with Crippen molar-refractivity contribution in [2.45, 2.75) is 13.3 Å². The molecule has 3 aromatic heterocycles. The van der Waals surface area contributed by atoms with Crippen LogP contribution in [0.3, 0.4) is 0 Å². The van der Waals surface area contributed by atoms with Crippen LogP contribution in [0.25, 0.3) is 5.78 Å². The normalized spacial score (nSPS) is 12.7. The third kappa shape index (κ3) is 3.65. The van der Waals surface area contributed by atoms with Gasteiger partial charge in [-0.05, 0) is 37.1 Å². The Bertz CT molecular complexity index is 1250. The minimum Gasteiger partial charge on any atom is -0.368 e. The highest BCUT2D eigenvalue weighted by Crippen LogP contribution is 2.29. The zero-order valence-corrected chi connectivity index (χ0v) is 17.1. The highest BCUT2D eigenvalue weighted by molar-refractivity contribution is 6.10. The molecule has 5 rings (SSSR count). The van der Waals surface area contributed by atoms with Crippen LogP contribution < -0.4 is 15.5 Å². The van der Waals surface area contributed by atoms with Crippen molar-refractivity contribution in [3.8, 4) is 0 Å². The number of para-hydroxylation sites is 1. The topological polar surface area (TPSA) is 100 Å². The summed E-state index contributed by atoms with van der Waals surface area (Å²) in [4.78, 5) is 27.9. The quantitative estimate of drug-likeness (QED) is 0.468. The summed E-state index contributed by atoms with van der Waals surface area (Å²) < 4.78 is 1.66. The van der Waals surface area contributed by atoms with Crippen molar-refractivity contribution in [1.82, 2.24) is 24.6 Å². The van der Waals surface area contributed by atoms with E-state index < -0.39 is 0 Å². The van der Waals surface area contributed by atoms with E-state index in [0.29, 0.717) is 36.8 Å². The van der Waals surface area contributed by atoms with Crippen molar-refractivity contribution in [3.05, 3.63) is 71.8 Å². The molecule has 0 unspecified atom stereocenters. The van der Waals surface area contributed by atoms with Crippen LogP contribution in [0.15, 0.2) is 55.0 Å². The van der Waals surface area contributed by atoms with E-state index in [2.05, 4.69) is 36.8 Å². The Labute approximate surface area is 179 Å². The number of hydrogen-bond acceptors (Lipinski definition) is 7. The van der Waals surface area contributed by atoms with Gasteiger partial charge in [0.2, 0.25) is 0 Å². The summed E-state index contributed by atoms with van der Waals surface area (Å²) in [5.74, 6) is 1.91. The van der Waals surface area contributed by atoms with Gasteiger partial charge >= 0.3 is 0 Å². The highest BCUT2D eigenvalue weighted by atomic mass is 16.2. The molecule has 1 aliphatic heterocycles. The zero-order chi connectivity index (χ0) is 21.2. The predicted octanol–water partition coefficient (Wildman–Crippen LogP) is 2.55. The molecule has 0 aliphatic carbocycles. The zero-order valence-electron chi connectivity index (χ0n) is 17.1. The van der Waals surface area contributed by atoms with Gasteiger partial charge in [-0.2, -0.15) is 14.6 Å². The summed E-state index contributed by atoms with van der Waals surface area (Å²) in [6.07, 6.45) is 4.04. The number of anilines is 3. The molecule has 0 saturated carbocycles. The largest absolute Gasteiger partial charge is 0.368 e. The van der Waals surface area contributed by atoms with Crippen molar-refractivity contribution in [3.63, 3.8) is 0 Å². The number of nitrogens with zero attached hydrogens (tertiary/aromatic N) is 6. The van der Waals surface area contributed by atoms with Crippen molar-refractivity contribution in [2.24, 2.45) is 0 Å². The number of amides is 1. The first-order valence-corrected chi connectivity index (χ1v) is 10.2. The Kier molecular flexibility index (Phi) is 4.91. The molecule has 9 heteroatoms. The second kappa shape index (κ2) is 8.02. The van der Waals surface area contributed by atoms with Crippen molar-refractivity contribution >= 4 is 29.0 Å². The van der Waals surface area contributed by atoms with Gasteiger partial charge in [0.25, 0.3) is 11.7 Å². The Morgan fingerprint density at radius 3 is 2.90 bits per heavy atom. The number of benzene rings is 1. The Hall–Kier alpha value is -4.01. The molecule has 0 bridgehead atoms. The number of carbonyl (C=O) groups excluding carboxylic acids is 1. The van der Waals surface area contributed by atoms with E-state index in [4.69, 9.17) is 0 Å². The van der Waals surface area contributed by atoms with Crippen LogP contribution in [-0.2, 0) is 6.42 Å². The molecule has 9 nitrogen and oxygen atoms in total. The minimum absolute atomic E-state index is 0.0393. The van der Waals surface area contributed by atoms with Crippen molar-refractivity contribution in [2.75, 3.05) is 35.2 Å². The number of aryl methyl sites for hydroxylation is 1. The molecule has 0 saturated heterocycles. The molecule has 0 fully saturated rings. The maximum atomic E-state index is 13.2. The molecule has 4 heterocycles. The summed E-state index contributed by atoms with van der Waals surface area (Å²) in [5.41, 5.74) is 3.61. The molecular formula is C22H22N8O. The molecule has 156 valence electrons. The molecule has 1 amide bonds. The van der Waals surface area contributed by atoms with E-state index in [1.165, 1.54) is 11.9 Å². The fourth-order valence-corrected chi connectivity index (χ4v) is 3.84. The van der Waals surface area contributed by atoms with Gasteiger partial charge in [0.05, 0.1) is 5.56 Å². The van der Waals surface area contributed by atoms with E-state index in [9.17, 15) is 4.79 Å². The second-order valence-electron chi connectivity index (χ2n) is 7.34. The Morgan fingerprint density at radius 2 is 1.97 bits per heavy atom. The molecule has 0 atom stereocenters. The maximum Gasteiger partial charge on any atom is 0.262 e. The lowest BCUT2D eigenvalue weighted by Gasteiger charge is -2.19. The van der Waals surface area contributed by atoms with Gasteiger partial charge in [-0.1, -0.05) is 18.2 Å². The number of hydrogen-bond donors (Lipinski definition) is 2. The summed E-state index contributed by atoms with van der Waals surface area (Å²) in [5, 5.41) is 10.8. The lowest BCUT2D eigenvalue weighted by atomic mass is 10.1. The first-order chi connectivity index (χ1) is 15.2. The molecule has 4 aromatic rings. The number of pyridine rings is 1. The third-order valence-electron chi connectivity index (χ3n) is 5.27. The first kappa shape index (κ1) is 19.0. The van der Waals surface area contributed by atoms with Gasteiger partial charge < -0.3 is 15.5 Å². The van der Waals surface area contributed by atoms with E-state index in [1.54, 1.807) is 16.8 Å². The molecule has 0 spiro atoms. The number of aromatic nitrogens is 5. The average Bonchev–Trinajstić information content (AvgIpc) is 3.43. The summed E-state index contributed by atoms with van der Waals surface area (Å²) >= 11 is 0. The lowest BCUT2D eigenvalue weighted by Crippen LogP contribution is -2.30. The van der Waals surface area contributed by atoms with Crippen LogP contribution >= 0.6 is 0 Å². The van der Waals surface area contributed by atoms with Crippen molar-refractivity contribution in [1.29, 1.82) is 0 Å². The van der Waals surface area contributed by atoms with Gasteiger partial charge in [-0.25, -0.2) is 9.97 Å². The molecule has 1 aliphatic rings. The Morgan fingerprint density at radius 1 is 1.10 bits per heavy atom. The molecule has 0 radical (unpaired) electrons. The van der Waals surface area contributed by atoms with Crippen LogP contribution in [0.4, 0.5) is 17.3 Å². The molecular weight excluding hydrogens is 392 g/mol. The molecule has 1 aromatic carbocycles. The fourth-order valence-electron chi connectivity index (χ4n) is 3.84. The van der Waals surface area contributed by atoms with Crippen LogP contribution in [-0.4, -0.2) is 50.1 Å². The molecule has 31 heavy (non-hydrogen) atoms. The van der Waals surface area contributed by atoms with E-state index in [-0.39, 0.29) is 5.91 Å². The summed E-state index contributed by atoms with van der Waals surface area (Å²) in [7, 11) is 0. The van der Waals surface area contributed by atoms with Gasteiger partial charge in [0.15, 0.2) is 0 Å². The minimum atomic E-state index is -0.0393. The van der Waals surface area contributed by atoms with E-state index in [1.807, 2.05) is 42.2 Å². The van der Waals surface area contributed by atoms with Gasteiger partial charge in [0, 0.05) is 43.3 Å². The van der Waals surface area contributed by atoms with Crippen LogP contribution in [0, 0.1) is 6.92 Å². The first-order valence-electron chi connectivity index (χ1n) is 10.2. The van der Waals surface area contributed by atoms with Gasteiger partial charge in [0.1, 0.15) is 18.0 Å². The maximum absolute atomic E-state index is 13.2. The Balaban J connectivity index is 1.27. The fraction of sp³-hybridized carbons (Fsp3) is 0.227. The van der Waals surface area contributed by atoms with E-state index >= 15 is 0 Å². The number of nitrogens with one attached hydrogen (secondary N) is 2. The molecule has 2 N–H and O–H groups in total. The highest BCUT2D eigenvalue weighted by Gasteiger charge is 2.26. The van der Waals surface area contributed by atoms with Gasteiger partial charge in [-0.3, -0.25) is 4.79 Å². The standard InChI is InChI=1S/C22H22N8O/c1-15-13-19(30-22(28-15)26-14-27-30)23-10-11-25-20-17(6-4-9-24-20)21(31)29-12-8-16-5-2-3-7-18(16)29/h2-7,9,13-14,23H,8,10-12H2,1H3,(H,24,25). The second-order valence-corrected chi connectivity index (χ2v) is 7.34. The number of fused-ring (bicyclic) bond motifs is 2. The van der Waals surface area contributed by atoms with Crippen LogP contribution in [0.1, 0.15) is 21.6 Å². The smallest absolute Gasteiger partial charge is 0.262 e. The van der Waals surface area contributed by atoms with Crippen molar-refractivity contribution < 1.29 is 4.79 Å². The number of carbonyl (C=O) groups is 1. The predicted molar refractivity (Wildman–Crippen MR) is 119 cm³/mol. The third-order valence-corrected chi connectivity index (χ3v) is 5.27. The summed E-state index contributed by atoms with van der Waals surface area (Å²) in [6, 6.07) is 13.6. The van der Waals surface area contributed by atoms with Crippen LogP contribution in [0.2, 0.25) is 0 Å². The monoisotopic (exact) mass is 414 g/mol. The average molecular weight is 414 g/mol. The number of rotatable bonds is 6. The SMILES string of the molecule is Cc1cc(NCCNc2ncccc2C(=O)N2CCc3ccccc32)n2ncnc2n1. The van der Waals surface area contributed by atoms with E-state index in [0.717, 1.165) is 23.6 Å². The summed E-state index contributed by atoms with van der Waals surface area (Å²) in [6.45, 7) is 3.78. The van der Waals surface area contributed by atoms with Gasteiger partial charge in [-0.15, -0.1) is 0 Å².